The molecule has 1 saturated heterocycles. The lowest BCUT2D eigenvalue weighted by molar-refractivity contribution is 0.0742. The number of hydrogen-bond donors (Lipinski definition) is 0. The Labute approximate surface area is 141 Å². The van der Waals surface area contributed by atoms with Gasteiger partial charge in [-0.25, -0.2) is 9.97 Å². The summed E-state index contributed by atoms with van der Waals surface area (Å²) in [5.74, 6) is 0.681. The lowest BCUT2D eigenvalue weighted by Gasteiger charge is -2.34. The van der Waals surface area contributed by atoms with Gasteiger partial charge in [-0.15, -0.1) is 22.7 Å². The quantitative estimate of drug-likeness (QED) is 0.730. The van der Waals surface area contributed by atoms with Crippen molar-refractivity contribution in [1.29, 1.82) is 0 Å². The van der Waals surface area contributed by atoms with Crippen LogP contribution in [0.3, 0.4) is 0 Å². The van der Waals surface area contributed by atoms with Gasteiger partial charge in [-0.3, -0.25) is 4.79 Å². The van der Waals surface area contributed by atoms with Crippen LogP contribution >= 0.6 is 22.7 Å². The van der Waals surface area contributed by atoms with Gasteiger partial charge in [-0.1, -0.05) is 0 Å². The number of anilines is 1. The van der Waals surface area contributed by atoms with Crippen LogP contribution in [0.4, 0.5) is 5.13 Å². The van der Waals surface area contributed by atoms with Gasteiger partial charge in [0.05, 0.1) is 6.26 Å². The molecule has 1 aliphatic heterocycles. The molecule has 0 aliphatic carbocycles. The van der Waals surface area contributed by atoms with E-state index in [0.717, 1.165) is 23.2 Å². The van der Waals surface area contributed by atoms with Gasteiger partial charge >= 0.3 is 0 Å². The van der Waals surface area contributed by atoms with Gasteiger partial charge in [0.2, 0.25) is 0 Å². The number of amides is 1. The molecule has 0 unspecified atom stereocenters. The predicted octanol–water partition coefficient (Wildman–Crippen LogP) is 2.82. The van der Waals surface area contributed by atoms with Gasteiger partial charge in [-0.05, 0) is 12.1 Å². The molecule has 8 heteroatoms. The van der Waals surface area contributed by atoms with Crippen LogP contribution in [0.25, 0.3) is 10.8 Å². The molecule has 3 aromatic rings. The van der Waals surface area contributed by atoms with Gasteiger partial charge in [0, 0.05) is 43.1 Å². The summed E-state index contributed by atoms with van der Waals surface area (Å²) in [6.45, 7) is 2.97. The van der Waals surface area contributed by atoms with Crippen LogP contribution in [0.1, 0.15) is 10.5 Å². The van der Waals surface area contributed by atoms with Gasteiger partial charge in [0.25, 0.3) is 5.91 Å². The van der Waals surface area contributed by atoms with Gasteiger partial charge in [0.15, 0.2) is 15.9 Å². The maximum Gasteiger partial charge on any atom is 0.273 e. The molecule has 0 bridgehead atoms. The Hall–Kier alpha value is -2.19. The van der Waals surface area contributed by atoms with E-state index in [-0.39, 0.29) is 5.91 Å². The number of thiazole rings is 2. The van der Waals surface area contributed by atoms with E-state index >= 15 is 0 Å². The molecule has 0 atom stereocenters. The minimum Gasteiger partial charge on any atom is -0.462 e. The van der Waals surface area contributed by atoms with Crippen molar-refractivity contribution in [2.24, 2.45) is 0 Å². The summed E-state index contributed by atoms with van der Waals surface area (Å²) in [6.07, 6.45) is 3.42. The van der Waals surface area contributed by atoms with E-state index in [4.69, 9.17) is 4.42 Å². The van der Waals surface area contributed by atoms with Crippen molar-refractivity contribution in [3.63, 3.8) is 0 Å². The number of piperazine rings is 1. The second kappa shape index (κ2) is 6.13. The van der Waals surface area contributed by atoms with Crippen molar-refractivity contribution < 1.29 is 9.21 Å². The van der Waals surface area contributed by atoms with Gasteiger partial charge < -0.3 is 14.2 Å². The van der Waals surface area contributed by atoms with E-state index in [0.29, 0.717) is 24.5 Å². The molecule has 0 N–H and O–H groups in total. The Bertz CT molecular complexity index is 774. The first-order chi connectivity index (χ1) is 11.3. The van der Waals surface area contributed by atoms with E-state index in [1.54, 1.807) is 23.0 Å². The number of nitrogens with zero attached hydrogens (tertiary/aromatic N) is 4. The van der Waals surface area contributed by atoms with Crippen molar-refractivity contribution in [3.8, 4) is 10.8 Å². The molecule has 0 aromatic carbocycles. The lowest BCUT2D eigenvalue weighted by atomic mass is 10.3. The van der Waals surface area contributed by atoms with Crippen molar-refractivity contribution in [1.82, 2.24) is 14.9 Å². The standard InChI is InChI=1S/C15H14N4O2S2/c20-14(11-10-23-13(17-11)12-2-1-8-21-12)18-4-6-19(7-5-18)15-16-3-9-22-15/h1-3,8-10H,4-7H2. The summed E-state index contributed by atoms with van der Waals surface area (Å²) in [7, 11) is 0. The minimum atomic E-state index is -0.0159. The van der Waals surface area contributed by atoms with E-state index < -0.39 is 0 Å². The molecule has 23 heavy (non-hydrogen) atoms. The molecule has 0 radical (unpaired) electrons. The monoisotopic (exact) mass is 346 g/mol. The number of aromatic nitrogens is 2. The highest BCUT2D eigenvalue weighted by atomic mass is 32.1. The first-order valence-corrected chi connectivity index (χ1v) is 9.00. The average molecular weight is 346 g/mol. The summed E-state index contributed by atoms with van der Waals surface area (Å²) in [6, 6.07) is 3.66. The molecule has 118 valence electrons. The van der Waals surface area contributed by atoms with Crippen LogP contribution in [-0.4, -0.2) is 47.0 Å². The highest BCUT2D eigenvalue weighted by Crippen LogP contribution is 2.25. The van der Waals surface area contributed by atoms with Crippen LogP contribution < -0.4 is 4.90 Å². The second-order valence-corrected chi connectivity index (χ2v) is 6.84. The normalized spacial score (nSPS) is 15.1. The molecule has 6 nitrogen and oxygen atoms in total. The fourth-order valence-electron chi connectivity index (χ4n) is 2.52. The van der Waals surface area contributed by atoms with E-state index in [1.807, 2.05) is 28.6 Å². The number of furan rings is 1. The Balaban J connectivity index is 1.42. The molecule has 4 heterocycles. The van der Waals surface area contributed by atoms with Crippen molar-refractivity contribution in [3.05, 3.63) is 41.0 Å². The number of carbonyl (C=O) groups excluding carboxylic acids is 1. The third kappa shape index (κ3) is 2.87. The van der Waals surface area contributed by atoms with Crippen molar-refractivity contribution >= 4 is 33.7 Å². The molecule has 3 aromatic heterocycles. The lowest BCUT2D eigenvalue weighted by Crippen LogP contribution is -2.48. The molecular formula is C15H14N4O2S2. The van der Waals surface area contributed by atoms with E-state index in [1.165, 1.54) is 11.3 Å². The highest BCUT2D eigenvalue weighted by molar-refractivity contribution is 7.13. The highest BCUT2D eigenvalue weighted by Gasteiger charge is 2.25. The third-order valence-electron chi connectivity index (χ3n) is 3.71. The first-order valence-electron chi connectivity index (χ1n) is 7.24. The Morgan fingerprint density at radius 3 is 2.78 bits per heavy atom. The molecule has 1 amide bonds. The summed E-state index contributed by atoms with van der Waals surface area (Å²) >= 11 is 3.05. The van der Waals surface area contributed by atoms with Crippen LogP contribution in [0.5, 0.6) is 0 Å². The molecule has 4 rings (SSSR count). The number of hydrogen-bond acceptors (Lipinski definition) is 7. The summed E-state index contributed by atoms with van der Waals surface area (Å²) in [5.41, 5.74) is 0.490. The predicted molar refractivity (Wildman–Crippen MR) is 90.0 cm³/mol. The fraction of sp³-hybridized carbons (Fsp3) is 0.267. The summed E-state index contributed by atoms with van der Waals surface area (Å²) in [5, 5.41) is 5.52. The molecule has 1 fully saturated rings. The van der Waals surface area contributed by atoms with E-state index in [9.17, 15) is 4.79 Å². The van der Waals surface area contributed by atoms with Gasteiger partial charge in [-0.2, -0.15) is 0 Å². The zero-order valence-corrected chi connectivity index (χ0v) is 13.8. The smallest absolute Gasteiger partial charge is 0.273 e. The van der Waals surface area contributed by atoms with Crippen molar-refractivity contribution in [2.45, 2.75) is 0 Å². The van der Waals surface area contributed by atoms with Gasteiger partial charge in [0.1, 0.15) is 5.69 Å². The molecular weight excluding hydrogens is 332 g/mol. The largest absolute Gasteiger partial charge is 0.462 e. The Morgan fingerprint density at radius 1 is 1.22 bits per heavy atom. The third-order valence-corrected chi connectivity index (χ3v) is 5.40. The summed E-state index contributed by atoms with van der Waals surface area (Å²) < 4.78 is 5.32. The number of carbonyl (C=O) groups is 1. The molecule has 0 saturated carbocycles. The second-order valence-electron chi connectivity index (χ2n) is 5.11. The maximum atomic E-state index is 12.6. The maximum absolute atomic E-state index is 12.6. The van der Waals surface area contributed by atoms with Crippen LogP contribution in [0.2, 0.25) is 0 Å². The fourth-order valence-corrected chi connectivity index (χ4v) is 3.98. The minimum absolute atomic E-state index is 0.0159. The molecule has 0 spiro atoms. The summed E-state index contributed by atoms with van der Waals surface area (Å²) in [4.78, 5) is 25.4. The van der Waals surface area contributed by atoms with Crippen molar-refractivity contribution in [2.75, 3.05) is 31.1 Å². The van der Waals surface area contributed by atoms with E-state index in [2.05, 4.69) is 14.9 Å². The van der Waals surface area contributed by atoms with Crippen LogP contribution in [0, 0.1) is 0 Å². The zero-order valence-electron chi connectivity index (χ0n) is 12.2. The topological polar surface area (TPSA) is 62.5 Å². The first kappa shape index (κ1) is 14.4. The average Bonchev–Trinajstić information content (AvgIpc) is 3.36. The van der Waals surface area contributed by atoms with Crippen LogP contribution in [-0.2, 0) is 0 Å². The SMILES string of the molecule is O=C(c1csc(-c2ccco2)n1)N1CCN(c2nccs2)CC1. The van der Waals surface area contributed by atoms with Crippen LogP contribution in [0.15, 0.2) is 39.8 Å². The number of rotatable bonds is 3. The zero-order chi connectivity index (χ0) is 15.6. The Morgan fingerprint density at radius 2 is 2.09 bits per heavy atom. The molecule has 1 aliphatic rings. The Kier molecular flexibility index (Phi) is 3.84.